The summed E-state index contributed by atoms with van der Waals surface area (Å²) in [4.78, 5) is 45.8. The number of aromatic amines is 1. The zero-order valence-corrected chi connectivity index (χ0v) is 23.9. The lowest BCUT2D eigenvalue weighted by atomic mass is 9.85. The smallest absolute Gasteiger partial charge is 0.354 e. The van der Waals surface area contributed by atoms with Crippen LogP contribution >= 0.6 is 0 Å². The van der Waals surface area contributed by atoms with Gasteiger partial charge in [-0.2, -0.15) is 0 Å². The van der Waals surface area contributed by atoms with Crippen molar-refractivity contribution in [3.63, 3.8) is 0 Å². The number of aromatic nitrogens is 1. The zero-order valence-electron chi connectivity index (χ0n) is 23.9. The van der Waals surface area contributed by atoms with Gasteiger partial charge in [-0.25, -0.2) is 4.79 Å². The van der Waals surface area contributed by atoms with Gasteiger partial charge in [-0.05, 0) is 62.0 Å². The van der Waals surface area contributed by atoms with Crippen LogP contribution in [0.2, 0.25) is 0 Å². The van der Waals surface area contributed by atoms with E-state index in [0.29, 0.717) is 29.8 Å². The van der Waals surface area contributed by atoms with Gasteiger partial charge in [0.1, 0.15) is 11.5 Å². The normalized spacial score (nSPS) is 17.5. The number of nitrogens with zero attached hydrogens (tertiary/aromatic N) is 2. The molecular formula is C30H41N3O5. The van der Waals surface area contributed by atoms with Crippen LogP contribution in [-0.4, -0.2) is 70.8 Å². The number of hydrogen-bond donors (Lipinski definition) is 2. The molecule has 1 aromatic carbocycles. The van der Waals surface area contributed by atoms with Gasteiger partial charge in [0.2, 0.25) is 0 Å². The van der Waals surface area contributed by atoms with Gasteiger partial charge in [0.25, 0.3) is 11.7 Å². The molecule has 38 heavy (non-hydrogen) atoms. The summed E-state index contributed by atoms with van der Waals surface area (Å²) in [5, 5.41) is 11.6. The van der Waals surface area contributed by atoms with E-state index in [0.717, 1.165) is 30.8 Å². The van der Waals surface area contributed by atoms with Crippen LogP contribution in [0.1, 0.15) is 85.5 Å². The van der Waals surface area contributed by atoms with Crippen molar-refractivity contribution >= 4 is 23.4 Å². The van der Waals surface area contributed by atoms with Crippen LogP contribution in [0.25, 0.3) is 5.76 Å². The number of esters is 1. The molecule has 1 amide bonds. The quantitative estimate of drug-likeness (QED) is 0.210. The molecule has 3 rings (SSSR count). The second-order valence-corrected chi connectivity index (χ2v) is 10.9. The summed E-state index contributed by atoms with van der Waals surface area (Å²) in [6.07, 6.45) is 0.694. The van der Waals surface area contributed by atoms with Gasteiger partial charge in [-0.15, -0.1) is 0 Å². The molecular weight excluding hydrogens is 482 g/mol. The highest BCUT2D eigenvalue weighted by Gasteiger charge is 2.46. The highest BCUT2D eigenvalue weighted by atomic mass is 16.5. The van der Waals surface area contributed by atoms with Crippen LogP contribution in [0.15, 0.2) is 29.8 Å². The molecule has 8 nitrogen and oxygen atoms in total. The molecule has 0 unspecified atom stereocenters. The third-order valence-electron chi connectivity index (χ3n) is 7.46. The molecule has 8 heteroatoms. The predicted molar refractivity (Wildman–Crippen MR) is 148 cm³/mol. The van der Waals surface area contributed by atoms with Crippen molar-refractivity contribution in [2.45, 2.75) is 66.3 Å². The van der Waals surface area contributed by atoms with Crippen molar-refractivity contribution in [2.24, 2.45) is 0 Å². The maximum atomic E-state index is 13.4. The van der Waals surface area contributed by atoms with E-state index in [9.17, 15) is 19.5 Å². The first-order chi connectivity index (χ1) is 17.9. The summed E-state index contributed by atoms with van der Waals surface area (Å²) in [5.41, 5.74) is 3.35. The minimum Gasteiger partial charge on any atom is -0.507 e. The molecule has 1 aromatic heterocycles. The van der Waals surface area contributed by atoms with Gasteiger partial charge >= 0.3 is 5.97 Å². The van der Waals surface area contributed by atoms with E-state index < -0.39 is 23.7 Å². The van der Waals surface area contributed by atoms with Crippen molar-refractivity contribution in [3.05, 3.63) is 63.5 Å². The number of carbonyl (C=O) groups is 3. The lowest BCUT2D eigenvalue weighted by Crippen LogP contribution is -2.33. The maximum Gasteiger partial charge on any atom is 0.354 e. The van der Waals surface area contributed by atoms with Crippen molar-refractivity contribution < 1.29 is 24.2 Å². The molecule has 0 saturated carbocycles. The molecule has 1 atom stereocenters. The molecule has 1 aliphatic rings. The number of ether oxygens (including phenoxy) is 1. The number of hydrogen-bond acceptors (Lipinski definition) is 6. The molecule has 2 N–H and O–H groups in total. The fourth-order valence-corrected chi connectivity index (χ4v) is 5.17. The highest BCUT2D eigenvalue weighted by Crippen LogP contribution is 2.41. The van der Waals surface area contributed by atoms with E-state index >= 15 is 0 Å². The Bertz CT molecular complexity index is 1230. The van der Waals surface area contributed by atoms with Crippen molar-refractivity contribution in [3.8, 4) is 0 Å². The molecule has 0 aliphatic carbocycles. The number of aryl methyl sites for hydroxylation is 1. The minimum atomic E-state index is -0.740. The number of H-pyrrole nitrogens is 1. The average molecular weight is 524 g/mol. The van der Waals surface area contributed by atoms with Gasteiger partial charge in [0.05, 0.1) is 18.7 Å². The molecule has 1 aliphatic heterocycles. The summed E-state index contributed by atoms with van der Waals surface area (Å²) in [6, 6.07) is 7.13. The number of likely N-dealkylation sites (tertiary alicyclic amines) is 1. The second-order valence-electron chi connectivity index (χ2n) is 10.9. The van der Waals surface area contributed by atoms with E-state index in [2.05, 4.69) is 44.5 Å². The Kier molecular flexibility index (Phi) is 8.87. The number of nitrogens with one attached hydrogen (secondary N) is 1. The van der Waals surface area contributed by atoms with Gasteiger partial charge in [0.15, 0.2) is 0 Å². The molecule has 0 radical (unpaired) electrons. The number of Topliss-reactive ketones (excluding diaryl/α,β-unsaturated/α-hetero) is 1. The molecule has 206 valence electrons. The zero-order chi connectivity index (χ0) is 28.4. The Morgan fingerprint density at radius 3 is 2.24 bits per heavy atom. The fourth-order valence-electron chi connectivity index (χ4n) is 5.17. The number of aliphatic hydroxyl groups is 1. The number of amides is 1. The van der Waals surface area contributed by atoms with E-state index in [4.69, 9.17) is 4.74 Å². The molecule has 0 bridgehead atoms. The molecule has 2 aromatic rings. The van der Waals surface area contributed by atoms with Crippen molar-refractivity contribution in [1.82, 2.24) is 14.8 Å². The number of aliphatic hydroxyl groups excluding tert-OH is 1. The van der Waals surface area contributed by atoms with E-state index in [1.807, 2.05) is 24.3 Å². The first-order valence-electron chi connectivity index (χ1n) is 13.3. The lowest BCUT2D eigenvalue weighted by Gasteiger charge is -2.27. The van der Waals surface area contributed by atoms with Crippen LogP contribution in [0.5, 0.6) is 0 Å². The standard InChI is InChI=1S/C30H41N3O5/c1-9-32(10-2)16-11-17-33-25(20-12-14-21(15-13-20)30(5,6)7)23(27(35)28(33)36)26(34)22-18(3)24(29(37)38-8)31-19(22)4/h12-15,25,31,34H,9-11,16-17H2,1-8H3/b26-23+/t25-/m1/s1. The minimum absolute atomic E-state index is 0.0305. The number of ketones is 1. The first kappa shape index (κ1) is 29.2. The van der Waals surface area contributed by atoms with E-state index in [-0.39, 0.29) is 22.4 Å². The van der Waals surface area contributed by atoms with Gasteiger partial charge < -0.3 is 24.6 Å². The van der Waals surface area contributed by atoms with E-state index in [1.54, 1.807) is 18.7 Å². The van der Waals surface area contributed by atoms with Gasteiger partial charge in [0, 0.05) is 17.8 Å². The summed E-state index contributed by atoms with van der Waals surface area (Å²) in [5.74, 6) is -2.22. The molecule has 0 spiro atoms. The SMILES string of the molecule is CCN(CC)CCCN1C(=O)C(=O)/C(=C(/O)c2c(C)[nH]c(C(=O)OC)c2C)[C@H]1c1ccc(C(C)(C)C)cc1. The van der Waals surface area contributed by atoms with Crippen LogP contribution in [0.3, 0.4) is 0 Å². The Labute approximate surface area is 225 Å². The Morgan fingerprint density at radius 1 is 1.11 bits per heavy atom. The second kappa shape index (κ2) is 11.6. The van der Waals surface area contributed by atoms with Crippen molar-refractivity contribution in [1.29, 1.82) is 0 Å². The predicted octanol–water partition coefficient (Wildman–Crippen LogP) is 4.87. The lowest BCUT2D eigenvalue weighted by molar-refractivity contribution is -0.140. The van der Waals surface area contributed by atoms with Crippen LogP contribution < -0.4 is 0 Å². The number of benzene rings is 1. The maximum absolute atomic E-state index is 13.4. The summed E-state index contributed by atoms with van der Waals surface area (Å²) in [7, 11) is 1.28. The van der Waals surface area contributed by atoms with Gasteiger partial charge in [-0.3, -0.25) is 9.59 Å². The first-order valence-corrected chi connectivity index (χ1v) is 13.3. The molecule has 2 heterocycles. The average Bonchev–Trinajstić information content (AvgIpc) is 3.32. The number of carbonyl (C=O) groups excluding carboxylic acids is 3. The summed E-state index contributed by atoms with van der Waals surface area (Å²) >= 11 is 0. The van der Waals surface area contributed by atoms with Crippen LogP contribution in [0.4, 0.5) is 0 Å². The van der Waals surface area contributed by atoms with Gasteiger partial charge in [-0.1, -0.05) is 58.9 Å². The largest absolute Gasteiger partial charge is 0.507 e. The number of rotatable bonds is 9. The van der Waals surface area contributed by atoms with Crippen molar-refractivity contribution in [2.75, 3.05) is 33.3 Å². The molecule has 1 saturated heterocycles. The van der Waals surface area contributed by atoms with Crippen LogP contribution in [-0.2, 0) is 19.7 Å². The summed E-state index contributed by atoms with van der Waals surface area (Å²) in [6.45, 7) is 16.9. The number of methoxy groups -OCH3 is 1. The third kappa shape index (κ3) is 5.55. The van der Waals surface area contributed by atoms with Crippen LogP contribution in [0, 0.1) is 13.8 Å². The van der Waals surface area contributed by atoms with E-state index in [1.165, 1.54) is 7.11 Å². The topological polar surface area (TPSA) is 103 Å². The monoisotopic (exact) mass is 523 g/mol. The Morgan fingerprint density at radius 2 is 1.71 bits per heavy atom. The Hall–Kier alpha value is -3.39. The highest BCUT2D eigenvalue weighted by molar-refractivity contribution is 6.46. The Balaban J connectivity index is 2.14. The summed E-state index contributed by atoms with van der Waals surface area (Å²) < 4.78 is 4.86. The molecule has 1 fully saturated rings. The fraction of sp³-hybridized carbons (Fsp3) is 0.500. The third-order valence-corrected chi connectivity index (χ3v) is 7.46.